The van der Waals surface area contributed by atoms with Crippen LogP contribution in [-0.4, -0.2) is 31.6 Å². The molecule has 0 spiro atoms. The summed E-state index contributed by atoms with van der Waals surface area (Å²) in [7, 11) is 0. The van der Waals surface area contributed by atoms with Gasteiger partial charge < -0.3 is 20.0 Å². The Labute approximate surface area is 252 Å². The van der Waals surface area contributed by atoms with E-state index in [0.717, 1.165) is 33.8 Å². The first-order valence-electron chi connectivity index (χ1n) is 13.9. The summed E-state index contributed by atoms with van der Waals surface area (Å²) < 4.78 is 5.44. The molecule has 41 heavy (non-hydrogen) atoms. The topological polar surface area (TPSA) is 95.7 Å². The number of ether oxygens (including phenoxy) is 1. The fourth-order valence-electron chi connectivity index (χ4n) is 4.43. The molecule has 0 unspecified atom stereocenters. The normalized spacial score (nSPS) is 13.5. The van der Waals surface area contributed by atoms with Gasteiger partial charge in [0.05, 0.1) is 6.04 Å². The summed E-state index contributed by atoms with van der Waals surface area (Å²) in [5.41, 5.74) is 4.75. The number of aromatic nitrogens is 4. The van der Waals surface area contributed by atoms with Gasteiger partial charge in [0.1, 0.15) is 38.9 Å². The summed E-state index contributed by atoms with van der Waals surface area (Å²) >= 11 is 13.1. The molecule has 0 fully saturated rings. The molecule has 9 heteroatoms. The molecule has 2 heterocycles. The van der Waals surface area contributed by atoms with Crippen LogP contribution >= 0.6 is 23.2 Å². The number of nitrogens with zero attached hydrogens (tertiary/aromatic N) is 2. The monoisotopic (exact) mass is 595 g/mol. The molecule has 3 N–H and O–H groups in total. The highest BCUT2D eigenvalue weighted by Crippen LogP contribution is 2.34. The van der Waals surface area contributed by atoms with Gasteiger partial charge in [0.2, 0.25) is 0 Å². The van der Waals surface area contributed by atoms with Gasteiger partial charge in [0, 0.05) is 17.0 Å². The van der Waals surface area contributed by atoms with Gasteiger partial charge in [-0.1, -0.05) is 106 Å². The molecule has 7 nitrogen and oxygen atoms in total. The van der Waals surface area contributed by atoms with Crippen molar-refractivity contribution in [2.24, 2.45) is 11.8 Å². The second-order valence-corrected chi connectivity index (χ2v) is 12.9. The van der Waals surface area contributed by atoms with Crippen LogP contribution in [0.3, 0.4) is 0 Å². The lowest BCUT2D eigenvalue weighted by Crippen LogP contribution is -2.37. The van der Waals surface area contributed by atoms with Gasteiger partial charge in [0.15, 0.2) is 0 Å². The summed E-state index contributed by atoms with van der Waals surface area (Å²) in [6.45, 7) is 16.0. The number of hydrogen-bond donors (Lipinski definition) is 3. The first kappa shape index (κ1) is 30.7. The SMILES string of the molecule is CC(C)[C@H](C)c1nc(-c2ccc(-c3ccc(-c4nc([C@@H](NC(=O)OC(C)(C)C)C(C)C)[nH]c4Cl)cc3)cc2)c(Cl)[nH]1. The fraction of sp³-hybridized carbons (Fsp3) is 0.406. The molecule has 0 bridgehead atoms. The summed E-state index contributed by atoms with van der Waals surface area (Å²) in [5.74, 6) is 2.29. The third-order valence-corrected chi connectivity index (χ3v) is 7.62. The maximum atomic E-state index is 12.4. The van der Waals surface area contributed by atoms with E-state index in [1.807, 2.05) is 71.0 Å². The number of rotatable bonds is 8. The lowest BCUT2D eigenvalue weighted by molar-refractivity contribution is 0.0486. The number of carbonyl (C=O) groups excluding carboxylic acids is 1. The molecular formula is C32H39Cl2N5O2. The van der Waals surface area contributed by atoms with Crippen molar-refractivity contribution in [3.63, 3.8) is 0 Å². The Morgan fingerprint density at radius 2 is 1.15 bits per heavy atom. The molecule has 218 valence electrons. The minimum atomic E-state index is -0.596. The Morgan fingerprint density at radius 1 is 0.732 bits per heavy atom. The van der Waals surface area contributed by atoms with Crippen molar-refractivity contribution in [3.05, 3.63) is 70.5 Å². The van der Waals surface area contributed by atoms with Gasteiger partial charge >= 0.3 is 6.09 Å². The molecule has 2 atom stereocenters. The number of benzene rings is 2. The van der Waals surface area contributed by atoms with E-state index in [-0.39, 0.29) is 17.9 Å². The number of carbonyl (C=O) groups is 1. The van der Waals surface area contributed by atoms with E-state index >= 15 is 0 Å². The molecule has 1 amide bonds. The Hall–Kier alpha value is -3.29. The van der Waals surface area contributed by atoms with Crippen LogP contribution in [0.15, 0.2) is 48.5 Å². The lowest BCUT2D eigenvalue weighted by Gasteiger charge is -2.24. The average Bonchev–Trinajstić information content (AvgIpc) is 3.48. The van der Waals surface area contributed by atoms with Crippen molar-refractivity contribution >= 4 is 29.3 Å². The third-order valence-electron chi connectivity index (χ3n) is 7.07. The van der Waals surface area contributed by atoms with Crippen molar-refractivity contribution < 1.29 is 9.53 Å². The maximum Gasteiger partial charge on any atom is 0.408 e. The highest BCUT2D eigenvalue weighted by molar-refractivity contribution is 6.32. The third kappa shape index (κ3) is 7.32. The van der Waals surface area contributed by atoms with Crippen molar-refractivity contribution in [2.75, 3.05) is 0 Å². The number of alkyl carbamates (subject to hydrolysis) is 1. The number of imidazole rings is 2. The van der Waals surface area contributed by atoms with E-state index in [4.69, 9.17) is 37.9 Å². The fourth-order valence-corrected chi connectivity index (χ4v) is 4.92. The second kappa shape index (κ2) is 12.3. The summed E-state index contributed by atoms with van der Waals surface area (Å²) in [5, 5.41) is 3.88. The van der Waals surface area contributed by atoms with E-state index in [1.54, 1.807) is 0 Å². The number of aromatic amines is 2. The van der Waals surface area contributed by atoms with Crippen LogP contribution in [0.4, 0.5) is 4.79 Å². The molecule has 0 radical (unpaired) electrons. The Balaban J connectivity index is 1.52. The molecular weight excluding hydrogens is 557 g/mol. The number of nitrogens with one attached hydrogen (secondary N) is 3. The zero-order valence-electron chi connectivity index (χ0n) is 24.9. The van der Waals surface area contributed by atoms with Gasteiger partial charge in [-0.25, -0.2) is 14.8 Å². The molecule has 0 aliphatic rings. The number of hydrogen-bond acceptors (Lipinski definition) is 4. The van der Waals surface area contributed by atoms with E-state index in [9.17, 15) is 4.79 Å². The smallest absolute Gasteiger partial charge is 0.408 e. The van der Waals surface area contributed by atoms with E-state index in [1.165, 1.54) is 0 Å². The summed E-state index contributed by atoms with van der Waals surface area (Å²) in [6.07, 6.45) is -0.499. The molecule has 0 aliphatic carbocycles. The highest BCUT2D eigenvalue weighted by Gasteiger charge is 2.26. The minimum absolute atomic E-state index is 0.0597. The van der Waals surface area contributed by atoms with Gasteiger partial charge in [-0.05, 0) is 43.7 Å². The minimum Gasteiger partial charge on any atom is -0.444 e. The predicted octanol–water partition coefficient (Wildman–Crippen LogP) is 9.42. The largest absolute Gasteiger partial charge is 0.444 e. The first-order valence-corrected chi connectivity index (χ1v) is 14.7. The van der Waals surface area contributed by atoms with Crippen LogP contribution in [0.25, 0.3) is 33.6 Å². The van der Waals surface area contributed by atoms with Crippen molar-refractivity contribution in [3.8, 4) is 33.6 Å². The zero-order valence-corrected chi connectivity index (χ0v) is 26.4. The standard InChI is InChI=1S/C32H39Cl2N5O2/c1-17(2)19(5)29-35-25(27(33)38-29)22-13-9-20(10-14-22)21-11-15-23(16-12-21)26-28(34)39-30(36-26)24(18(3)4)37-31(40)41-32(6,7)8/h9-19,24H,1-8H3,(H,35,38)(H,36,39)(H,37,40)/t19-,24-/m0/s1. The van der Waals surface area contributed by atoms with Crippen molar-refractivity contribution in [1.29, 1.82) is 0 Å². The van der Waals surface area contributed by atoms with E-state index in [2.05, 4.69) is 48.2 Å². The van der Waals surface area contributed by atoms with Crippen LogP contribution < -0.4 is 5.32 Å². The van der Waals surface area contributed by atoms with Gasteiger partial charge in [-0.15, -0.1) is 0 Å². The second-order valence-electron chi connectivity index (χ2n) is 12.1. The van der Waals surface area contributed by atoms with Crippen LogP contribution in [-0.2, 0) is 4.74 Å². The molecule has 4 aromatic rings. The first-order chi connectivity index (χ1) is 19.2. The van der Waals surface area contributed by atoms with Crippen LogP contribution in [0.1, 0.15) is 79.0 Å². The Bertz CT molecular complexity index is 1480. The Kier molecular flexibility index (Phi) is 9.19. The number of H-pyrrole nitrogens is 2. The van der Waals surface area contributed by atoms with E-state index < -0.39 is 11.7 Å². The summed E-state index contributed by atoms with van der Waals surface area (Å²) in [6, 6.07) is 15.9. The Morgan fingerprint density at radius 3 is 1.56 bits per heavy atom. The van der Waals surface area contributed by atoms with E-state index in [0.29, 0.717) is 27.7 Å². The van der Waals surface area contributed by atoms with Gasteiger partial charge in [-0.2, -0.15) is 0 Å². The molecule has 4 rings (SSSR count). The quantitative estimate of drug-likeness (QED) is 0.189. The highest BCUT2D eigenvalue weighted by atomic mass is 35.5. The van der Waals surface area contributed by atoms with Crippen molar-refractivity contribution in [2.45, 2.75) is 73.0 Å². The van der Waals surface area contributed by atoms with Crippen LogP contribution in [0.2, 0.25) is 10.3 Å². The zero-order chi connectivity index (χ0) is 30.1. The molecule has 2 aromatic carbocycles. The summed E-state index contributed by atoms with van der Waals surface area (Å²) in [4.78, 5) is 28.3. The van der Waals surface area contributed by atoms with Gasteiger partial charge in [0.25, 0.3) is 0 Å². The maximum absolute atomic E-state index is 12.4. The lowest BCUT2D eigenvalue weighted by atomic mass is 9.98. The molecule has 0 aliphatic heterocycles. The van der Waals surface area contributed by atoms with Crippen molar-refractivity contribution in [1.82, 2.24) is 25.3 Å². The van der Waals surface area contributed by atoms with Crippen LogP contribution in [0.5, 0.6) is 0 Å². The molecule has 0 saturated heterocycles. The van der Waals surface area contributed by atoms with Crippen LogP contribution in [0, 0.1) is 11.8 Å². The number of halogens is 2. The average molecular weight is 597 g/mol. The predicted molar refractivity (Wildman–Crippen MR) is 167 cm³/mol. The number of amides is 1. The molecule has 2 aromatic heterocycles. The molecule has 0 saturated carbocycles. The van der Waals surface area contributed by atoms with Gasteiger partial charge in [-0.3, -0.25) is 0 Å².